The van der Waals surface area contributed by atoms with Crippen LogP contribution in [0, 0.1) is 5.82 Å². The number of benzene rings is 2. The number of halogens is 3. The summed E-state index contributed by atoms with van der Waals surface area (Å²) in [6.07, 6.45) is 0. The number of aromatic carboxylic acids is 1. The third-order valence-electron chi connectivity index (χ3n) is 3.16. The Balaban J connectivity index is 2.11. The zero-order valence-electron chi connectivity index (χ0n) is 11.7. The second-order valence-corrected chi connectivity index (χ2v) is 7.23. The molecular weight excluding hydrogens is 409 g/mol. The van der Waals surface area contributed by atoms with Crippen LogP contribution in [0.1, 0.15) is 10.4 Å². The summed E-state index contributed by atoms with van der Waals surface area (Å²) in [5.74, 6) is -1.90. The number of nitrogens with zero attached hydrogens (tertiary/aromatic N) is 1. The number of fused-ring (bicyclic) bond motifs is 1. The normalized spacial score (nSPS) is 13.6. The van der Waals surface area contributed by atoms with Crippen molar-refractivity contribution in [3.63, 3.8) is 0 Å². The van der Waals surface area contributed by atoms with Crippen LogP contribution in [-0.2, 0) is 0 Å². The lowest BCUT2D eigenvalue weighted by molar-refractivity contribution is 0.0697. The van der Waals surface area contributed by atoms with E-state index in [1.165, 1.54) is 18.0 Å². The molecule has 120 valence electrons. The smallest absolute Gasteiger partial charge is 0.337 e. The highest BCUT2D eigenvalue weighted by Gasteiger charge is 2.28. The number of hydrogen-bond donors (Lipinski definition) is 3. The Bertz CT molecular complexity index is 821. The minimum absolute atomic E-state index is 0.135. The lowest BCUT2D eigenvalue weighted by Gasteiger charge is -2.14. The molecule has 0 unspecified atom stereocenters. The van der Waals surface area contributed by atoms with Crippen molar-refractivity contribution >= 4 is 62.5 Å². The molecule has 3 N–H and O–H groups in total. The monoisotopic (exact) mass is 417 g/mol. The van der Waals surface area contributed by atoms with Crippen LogP contribution in [0.3, 0.4) is 0 Å². The van der Waals surface area contributed by atoms with Gasteiger partial charge in [0, 0.05) is 11.5 Å². The van der Waals surface area contributed by atoms with E-state index >= 15 is 0 Å². The van der Waals surface area contributed by atoms with Crippen molar-refractivity contribution in [3.8, 4) is 0 Å². The molecule has 0 radical (unpaired) electrons. The summed E-state index contributed by atoms with van der Waals surface area (Å²) in [6.45, 7) is 0. The molecule has 1 aliphatic heterocycles. The first-order valence-electron chi connectivity index (χ1n) is 6.37. The Hall–Kier alpha value is -1.48. The van der Waals surface area contributed by atoms with Crippen LogP contribution in [0.5, 0.6) is 0 Å². The number of hydrazine groups is 1. The molecule has 0 atom stereocenters. The highest BCUT2D eigenvalue weighted by Crippen LogP contribution is 2.43. The molecule has 9 heteroatoms. The molecule has 1 heterocycles. The van der Waals surface area contributed by atoms with E-state index in [1.807, 2.05) is 0 Å². The second-order valence-electron chi connectivity index (χ2n) is 4.74. The van der Waals surface area contributed by atoms with Crippen molar-refractivity contribution in [1.29, 1.82) is 0 Å². The third-order valence-corrected chi connectivity index (χ3v) is 4.85. The molecule has 1 aliphatic rings. The van der Waals surface area contributed by atoms with Crippen LogP contribution >= 0.6 is 39.5 Å². The summed E-state index contributed by atoms with van der Waals surface area (Å²) in [5, 5.41) is 12.5. The molecule has 0 amide bonds. The Morgan fingerprint density at radius 3 is 2.87 bits per heavy atom. The van der Waals surface area contributed by atoms with Crippen molar-refractivity contribution in [2.75, 3.05) is 17.8 Å². The fraction of sp³-hybridized carbons (Fsp3) is 0.0714. The summed E-state index contributed by atoms with van der Waals surface area (Å²) < 4.78 is 17.1. The number of anilines is 3. The van der Waals surface area contributed by atoms with Crippen LogP contribution in [0.25, 0.3) is 0 Å². The van der Waals surface area contributed by atoms with Gasteiger partial charge in [-0.05, 0) is 36.2 Å². The van der Waals surface area contributed by atoms with Crippen LogP contribution in [-0.4, -0.2) is 22.5 Å². The molecule has 0 spiro atoms. The van der Waals surface area contributed by atoms with Gasteiger partial charge in [0.05, 0.1) is 26.9 Å². The van der Waals surface area contributed by atoms with E-state index in [-0.39, 0.29) is 16.9 Å². The lowest BCUT2D eigenvalue weighted by atomic mass is 10.1. The van der Waals surface area contributed by atoms with Crippen molar-refractivity contribution in [2.45, 2.75) is 4.90 Å². The first-order chi connectivity index (χ1) is 10.9. The van der Waals surface area contributed by atoms with E-state index in [9.17, 15) is 14.3 Å². The first-order valence-corrected chi connectivity index (χ1v) is 8.31. The number of carboxylic acids is 1. The molecule has 23 heavy (non-hydrogen) atoms. The molecule has 5 nitrogen and oxygen atoms in total. The Labute approximate surface area is 149 Å². The van der Waals surface area contributed by atoms with Crippen LogP contribution in [0.15, 0.2) is 33.6 Å². The average molecular weight is 419 g/mol. The zero-order chi connectivity index (χ0) is 16.7. The predicted molar refractivity (Wildman–Crippen MR) is 93.0 cm³/mol. The van der Waals surface area contributed by atoms with Gasteiger partial charge in [-0.25, -0.2) is 9.18 Å². The van der Waals surface area contributed by atoms with Gasteiger partial charge in [0.2, 0.25) is 0 Å². The molecule has 0 bridgehead atoms. The van der Waals surface area contributed by atoms with Crippen LogP contribution in [0.2, 0.25) is 5.02 Å². The summed E-state index contributed by atoms with van der Waals surface area (Å²) >= 11 is 10.6. The topological polar surface area (TPSA) is 64.6 Å². The number of carboxylic acid groups (broad SMARTS) is 1. The molecule has 0 aromatic heterocycles. The summed E-state index contributed by atoms with van der Waals surface area (Å²) in [7, 11) is 1.71. The number of rotatable bonds is 3. The number of carbonyl (C=O) groups is 1. The Kier molecular flexibility index (Phi) is 4.41. The SMILES string of the molecule is CN1Nc2c(cc(C(=O)O)c(Nc3ccc(Br)cc3Cl)c2F)S1. The summed E-state index contributed by atoms with van der Waals surface area (Å²) in [4.78, 5) is 12.0. The van der Waals surface area contributed by atoms with Gasteiger partial charge in [0.25, 0.3) is 0 Å². The quantitative estimate of drug-likeness (QED) is 0.612. The third kappa shape index (κ3) is 3.12. The number of hydrogen-bond acceptors (Lipinski definition) is 5. The van der Waals surface area contributed by atoms with E-state index in [4.69, 9.17) is 11.6 Å². The fourth-order valence-electron chi connectivity index (χ4n) is 2.15. The van der Waals surface area contributed by atoms with Gasteiger partial charge >= 0.3 is 5.97 Å². The van der Waals surface area contributed by atoms with Crippen LogP contribution in [0.4, 0.5) is 21.5 Å². The van der Waals surface area contributed by atoms with E-state index in [1.54, 1.807) is 29.7 Å². The summed E-state index contributed by atoms with van der Waals surface area (Å²) in [5.41, 5.74) is 3.18. The standard InChI is InChI=1S/C14H10BrClFN3O2S/c1-20-19-13-10(23-20)5-7(14(21)22)12(11(13)17)18-9-3-2-6(15)4-8(9)16/h2-5,18-19H,1H3,(H,21,22). The highest BCUT2D eigenvalue weighted by atomic mass is 79.9. The average Bonchev–Trinajstić information content (AvgIpc) is 2.85. The van der Waals surface area contributed by atoms with Gasteiger partial charge in [-0.15, -0.1) is 0 Å². The zero-order valence-corrected chi connectivity index (χ0v) is 14.8. The maximum absolute atomic E-state index is 14.8. The Morgan fingerprint density at radius 2 is 2.22 bits per heavy atom. The van der Waals surface area contributed by atoms with Crippen LogP contribution < -0.4 is 10.7 Å². The molecule has 2 aromatic carbocycles. The van der Waals surface area contributed by atoms with Gasteiger partial charge < -0.3 is 15.8 Å². The molecular formula is C14H10BrClFN3O2S. The second kappa shape index (κ2) is 6.20. The van der Waals surface area contributed by atoms with Gasteiger partial charge in [-0.1, -0.05) is 27.5 Å². The van der Waals surface area contributed by atoms with Gasteiger partial charge in [-0.3, -0.25) is 0 Å². The summed E-state index contributed by atoms with van der Waals surface area (Å²) in [6, 6.07) is 6.43. The largest absolute Gasteiger partial charge is 0.478 e. The van der Waals surface area contributed by atoms with Crippen molar-refractivity contribution in [1.82, 2.24) is 4.41 Å². The van der Waals surface area contributed by atoms with Gasteiger partial charge in [0.1, 0.15) is 5.69 Å². The molecule has 0 fully saturated rings. The predicted octanol–water partition coefficient (Wildman–Crippen LogP) is 4.96. The molecule has 3 rings (SSSR count). The minimum Gasteiger partial charge on any atom is -0.478 e. The van der Waals surface area contributed by atoms with E-state index in [0.717, 1.165) is 4.47 Å². The van der Waals surface area contributed by atoms with Crippen molar-refractivity contribution in [3.05, 3.63) is 45.1 Å². The minimum atomic E-state index is -1.22. The van der Waals surface area contributed by atoms with Gasteiger partial charge in [0.15, 0.2) is 5.82 Å². The maximum Gasteiger partial charge on any atom is 0.337 e. The first kappa shape index (κ1) is 16.4. The number of nitrogens with one attached hydrogen (secondary N) is 2. The molecule has 2 aromatic rings. The van der Waals surface area contributed by atoms with E-state index < -0.39 is 11.8 Å². The lowest BCUT2D eigenvalue weighted by Crippen LogP contribution is -2.12. The molecule has 0 saturated carbocycles. The van der Waals surface area contributed by atoms with Gasteiger partial charge in [-0.2, -0.15) is 4.41 Å². The van der Waals surface area contributed by atoms with Crippen molar-refractivity contribution in [2.24, 2.45) is 0 Å². The fourth-order valence-corrected chi connectivity index (χ4v) is 3.70. The van der Waals surface area contributed by atoms with E-state index in [2.05, 4.69) is 26.7 Å². The molecule has 0 saturated heterocycles. The van der Waals surface area contributed by atoms with E-state index in [0.29, 0.717) is 15.6 Å². The maximum atomic E-state index is 14.8. The molecule has 0 aliphatic carbocycles. The Morgan fingerprint density at radius 1 is 1.48 bits per heavy atom. The van der Waals surface area contributed by atoms with Crippen molar-refractivity contribution < 1.29 is 14.3 Å². The highest BCUT2D eigenvalue weighted by molar-refractivity contribution is 9.10.